The third kappa shape index (κ3) is 10.9. The van der Waals surface area contributed by atoms with Gasteiger partial charge in [0.2, 0.25) is 10.0 Å². The first-order chi connectivity index (χ1) is 16.1. The van der Waals surface area contributed by atoms with Crippen molar-refractivity contribution in [2.45, 2.75) is 128 Å². The highest BCUT2D eigenvalue weighted by Gasteiger charge is 2.32. The molecule has 2 rings (SSSR count). The molecule has 1 aromatic rings. The second kappa shape index (κ2) is 16.7. The summed E-state index contributed by atoms with van der Waals surface area (Å²) < 4.78 is 28.1. The minimum Gasteiger partial charge on any atom is -0.314 e. The predicted octanol–water partition coefficient (Wildman–Crippen LogP) is 7.22. The van der Waals surface area contributed by atoms with E-state index in [-0.39, 0.29) is 6.04 Å². The number of benzene rings is 1. The molecule has 0 amide bonds. The smallest absolute Gasteiger partial charge is 0.243 e. The largest absolute Gasteiger partial charge is 0.314 e. The van der Waals surface area contributed by atoms with Crippen LogP contribution < -0.4 is 5.32 Å². The molecule has 33 heavy (non-hydrogen) atoms. The lowest BCUT2D eigenvalue weighted by Gasteiger charge is -2.35. The average Bonchev–Trinajstić information content (AvgIpc) is 2.82. The highest BCUT2D eigenvalue weighted by Crippen LogP contribution is 2.23. The van der Waals surface area contributed by atoms with Crippen molar-refractivity contribution in [1.29, 1.82) is 0 Å². The van der Waals surface area contributed by atoms with E-state index in [1.54, 1.807) is 16.4 Å². The zero-order valence-corrected chi connectivity index (χ0v) is 22.3. The molecule has 0 bridgehead atoms. The molecule has 0 spiro atoms. The van der Waals surface area contributed by atoms with Gasteiger partial charge in [0, 0.05) is 25.7 Å². The van der Waals surface area contributed by atoms with E-state index in [1.165, 1.54) is 89.9 Å². The third-order valence-electron chi connectivity index (χ3n) is 7.06. The number of nitrogens with one attached hydrogen (secondary N) is 1. The minimum absolute atomic E-state index is 0.0759. The standard InChI is InChI=1S/C28H50N2O2S/c1-3-4-5-6-7-8-9-10-11-12-13-14-15-16-17-18-27-25-29-23-24-30(27)33(31,32)28-21-19-26(2)20-22-28/h19-22,27,29H,3-18,23-25H2,1-2H3. The van der Waals surface area contributed by atoms with Crippen LogP contribution in [0.3, 0.4) is 0 Å². The van der Waals surface area contributed by atoms with E-state index in [1.807, 2.05) is 19.1 Å². The lowest BCUT2D eigenvalue weighted by molar-refractivity contribution is 0.250. The molecule has 1 unspecified atom stereocenters. The second-order valence-electron chi connectivity index (χ2n) is 10.0. The molecule has 5 heteroatoms. The van der Waals surface area contributed by atoms with E-state index in [4.69, 9.17) is 0 Å². The van der Waals surface area contributed by atoms with Crippen LogP contribution in [0.15, 0.2) is 29.2 Å². The molecule has 1 fully saturated rings. The lowest BCUT2D eigenvalue weighted by atomic mass is 10.0. The molecule has 1 aliphatic rings. The van der Waals surface area contributed by atoms with Gasteiger partial charge in [-0.25, -0.2) is 8.42 Å². The number of hydrogen-bond donors (Lipinski definition) is 1. The van der Waals surface area contributed by atoms with Crippen LogP contribution in [0.4, 0.5) is 0 Å². The van der Waals surface area contributed by atoms with Crippen molar-refractivity contribution in [3.8, 4) is 0 Å². The van der Waals surface area contributed by atoms with Crippen molar-refractivity contribution in [2.75, 3.05) is 19.6 Å². The lowest BCUT2D eigenvalue weighted by Crippen LogP contribution is -2.53. The fraction of sp³-hybridized carbons (Fsp3) is 0.786. The molecule has 1 N–H and O–H groups in total. The van der Waals surface area contributed by atoms with Crippen LogP contribution in [0.2, 0.25) is 0 Å². The van der Waals surface area contributed by atoms with E-state index < -0.39 is 10.0 Å². The van der Waals surface area contributed by atoms with Crippen molar-refractivity contribution in [3.05, 3.63) is 29.8 Å². The number of unbranched alkanes of at least 4 members (excludes halogenated alkanes) is 14. The topological polar surface area (TPSA) is 49.4 Å². The first-order valence-electron chi connectivity index (χ1n) is 13.8. The fourth-order valence-electron chi connectivity index (χ4n) is 4.90. The Morgan fingerprint density at radius 1 is 0.788 bits per heavy atom. The number of aryl methyl sites for hydroxylation is 1. The van der Waals surface area contributed by atoms with Crippen LogP contribution in [-0.4, -0.2) is 38.4 Å². The van der Waals surface area contributed by atoms with Gasteiger partial charge in [0.05, 0.1) is 4.90 Å². The Bertz CT molecular complexity index is 718. The first-order valence-corrected chi connectivity index (χ1v) is 15.3. The summed E-state index contributed by atoms with van der Waals surface area (Å²) in [6.45, 7) is 6.34. The van der Waals surface area contributed by atoms with E-state index in [9.17, 15) is 8.42 Å². The zero-order chi connectivity index (χ0) is 23.8. The van der Waals surface area contributed by atoms with Crippen LogP contribution in [0, 0.1) is 6.92 Å². The van der Waals surface area contributed by atoms with Gasteiger partial charge < -0.3 is 5.32 Å². The number of nitrogens with zero attached hydrogens (tertiary/aromatic N) is 1. The van der Waals surface area contributed by atoms with Crippen molar-refractivity contribution >= 4 is 10.0 Å². The summed E-state index contributed by atoms with van der Waals surface area (Å²) in [5.41, 5.74) is 1.09. The summed E-state index contributed by atoms with van der Waals surface area (Å²) in [5, 5.41) is 3.39. The summed E-state index contributed by atoms with van der Waals surface area (Å²) in [5.74, 6) is 0. The third-order valence-corrected chi connectivity index (χ3v) is 9.03. The van der Waals surface area contributed by atoms with Crippen LogP contribution in [0.1, 0.15) is 115 Å². The van der Waals surface area contributed by atoms with Gasteiger partial charge in [-0.3, -0.25) is 0 Å². The molecule has 0 saturated carbocycles. The van der Waals surface area contributed by atoms with Crippen LogP contribution in [0.5, 0.6) is 0 Å². The number of rotatable bonds is 18. The average molecular weight is 479 g/mol. The highest BCUT2D eigenvalue weighted by atomic mass is 32.2. The Balaban J connectivity index is 1.54. The van der Waals surface area contributed by atoms with E-state index in [2.05, 4.69) is 12.2 Å². The predicted molar refractivity (Wildman–Crippen MR) is 141 cm³/mol. The Morgan fingerprint density at radius 2 is 1.27 bits per heavy atom. The van der Waals surface area contributed by atoms with E-state index >= 15 is 0 Å². The molecule has 0 aliphatic carbocycles. The van der Waals surface area contributed by atoms with E-state index in [0.29, 0.717) is 11.4 Å². The zero-order valence-electron chi connectivity index (χ0n) is 21.5. The summed E-state index contributed by atoms with van der Waals surface area (Å²) >= 11 is 0. The molecule has 1 saturated heterocycles. The van der Waals surface area contributed by atoms with Gasteiger partial charge in [0.1, 0.15) is 0 Å². The maximum Gasteiger partial charge on any atom is 0.243 e. The summed E-state index contributed by atoms with van der Waals surface area (Å²) in [6, 6.07) is 7.35. The molecule has 0 aromatic heterocycles. The van der Waals surface area contributed by atoms with Gasteiger partial charge in [-0.05, 0) is 25.5 Å². The maximum atomic E-state index is 13.2. The quantitative estimate of drug-likeness (QED) is 0.227. The molecule has 1 aromatic carbocycles. The van der Waals surface area contributed by atoms with E-state index in [0.717, 1.165) is 31.5 Å². The summed E-state index contributed by atoms with van der Waals surface area (Å²) in [6.07, 6.45) is 21.3. The van der Waals surface area contributed by atoms with Crippen LogP contribution in [-0.2, 0) is 10.0 Å². The summed E-state index contributed by atoms with van der Waals surface area (Å²) in [4.78, 5) is 0.427. The molecule has 0 radical (unpaired) electrons. The first kappa shape index (κ1) is 28.3. The Hall–Kier alpha value is -0.910. The van der Waals surface area contributed by atoms with Gasteiger partial charge >= 0.3 is 0 Å². The van der Waals surface area contributed by atoms with Gasteiger partial charge in [-0.15, -0.1) is 0 Å². The van der Waals surface area contributed by atoms with Gasteiger partial charge in [0.25, 0.3) is 0 Å². The van der Waals surface area contributed by atoms with Crippen LogP contribution >= 0.6 is 0 Å². The Morgan fingerprint density at radius 3 is 1.79 bits per heavy atom. The van der Waals surface area contributed by atoms with Crippen molar-refractivity contribution in [2.24, 2.45) is 0 Å². The number of hydrogen-bond acceptors (Lipinski definition) is 3. The number of piperazine rings is 1. The molecule has 1 heterocycles. The molecule has 4 nitrogen and oxygen atoms in total. The van der Waals surface area contributed by atoms with Crippen molar-refractivity contribution in [3.63, 3.8) is 0 Å². The number of sulfonamides is 1. The normalized spacial score (nSPS) is 17.5. The van der Waals surface area contributed by atoms with Gasteiger partial charge in [-0.1, -0.05) is 121 Å². The minimum atomic E-state index is -3.41. The fourth-order valence-corrected chi connectivity index (χ4v) is 6.56. The Kier molecular flexibility index (Phi) is 14.3. The van der Waals surface area contributed by atoms with Gasteiger partial charge in [-0.2, -0.15) is 4.31 Å². The monoisotopic (exact) mass is 478 g/mol. The van der Waals surface area contributed by atoms with Crippen LogP contribution in [0.25, 0.3) is 0 Å². The highest BCUT2D eigenvalue weighted by molar-refractivity contribution is 7.89. The molecular formula is C28H50N2O2S. The van der Waals surface area contributed by atoms with Crippen molar-refractivity contribution in [1.82, 2.24) is 9.62 Å². The molecular weight excluding hydrogens is 428 g/mol. The molecule has 1 aliphatic heterocycles. The molecule has 190 valence electrons. The maximum absolute atomic E-state index is 13.2. The van der Waals surface area contributed by atoms with Crippen molar-refractivity contribution < 1.29 is 8.42 Å². The second-order valence-corrected chi connectivity index (χ2v) is 11.9. The SMILES string of the molecule is CCCCCCCCCCCCCCCCCC1CNCCN1S(=O)(=O)c1ccc(C)cc1. The Labute approximate surface area is 205 Å². The van der Waals surface area contributed by atoms with Gasteiger partial charge in [0.15, 0.2) is 0 Å². The molecule has 1 atom stereocenters. The summed E-state index contributed by atoms with van der Waals surface area (Å²) in [7, 11) is -3.41.